The average molecular weight is 252 g/mol. The van der Waals surface area contributed by atoms with Crippen molar-refractivity contribution in [1.82, 2.24) is 4.90 Å². The number of hydrogen-bond acceptors (Lipinski definition) is 3. The van der Waals surface area contributed by atoms with E-state index in [1.165, 1.54) is 36.2 Å². The molecule has 96 valence electrons. The van der Waals surface area contributed by atoms with Gasteiger partial charge >= 0.3 is 0 Å². The molecule has 0 radical (unpaired) electrons. The van der Waals surface area contributed by atoms with E-state index in [-0.39, 0.29) is 6.04 Å². The second-order valence-electron chi connectivity index (χ2n) is 5.21. The second kappa shape index (κ2) is 5.51. The number of nitrogens with zero attached hydrogens (tertiary/aromatic N) is 1. The van der Waals surface area contributed by atoms with E-state index >= 15 is 0 Å². The van der Waals surface area contributed by atoms with Gasteiger partial charge in [0, 0.05) is 17.0 Å². The fourth-order valence-electron chi connectivity index (χ4n) is 3.04. The van der Waals surface area contributed by atoms with Crippen molar-refractivity contribution in [2.24, 2.45) is 5.73 Å². The zero-order chi connectivity index (χ0) is 12.4. The molecule has 3 heteroatoms. The molecule has 0 saturated carbocycles. The fourth-order valence-corrected chi connectivity index (χ4v) is 4.20. The van der Waals surface area contributed by atoms with Crippen LogP contribution in [-0.2, 0) is 0 Å². The standard InChI is InChI=1S/C14H24N2S/c1-4-12-6-5-8-16(12)13(11(3)15)14-10(2)7-9-17-14/h7,9,11-13H,4-6,8,15H2,1-3H3. The molecule has 2 heterocycles. The summed E-state index contributed by atoms with van der Waals surface area (Å²) in [5.41, 5.74) is 7.66. The van der Waals surface area contributed by atoms with Gasteiger partial charge in [0.15, 0.2) is 0 Å². The Balaban J connectivity index is 2.26. The monoisotopic (exact) mass is 252 g/mol. The van der Waals surface area contributed by atoms with Gasteiger partial charge in [0.1, 0.15) is 0 Å². The van der Waals surface area contributed by atoms with E-state index in [0.29, 0.717) is 6.04 Å². The minimum atomic E-state index is 0.208. The Morgan fingerprint density at radius 1 is 1.59 bits per heavy atom. The number of aryl methyl sites for hydroxylation is 1. The van der Waals surface area contributed by atoms with Crippen molar-refractivity contribution >= 4 is 11.3 Å². The van der Waals surface area contributed by atoms with Crippen LogP contribution in [0.1, 0.15) is 49.6 Å². The molecule has 0 aromatic carbocycles. The van der Waals surface area contributed by atoms with Crippen molar-refractivity contribution in [3.05, 3.63) is 21.9 Å². The van der Waals surface area contributed by atoms with Gasteiger partial charge in [0.2, 0.25) is 0 Å². The van der Waals surface area contributed by atoms with Gasteiger partial charge in [0.05, 0.1) is 6.04 Å². The summed E-state index contributed by atoms with van der Waals surface area (Å²) in [5, 5.41) is 2.19. The summed E-state index contributed by atoms with van der Waals surface area (Å²) in [5.74, 6) is 0. The molecule has 0 aliphatic carbocycles. The van der Waals surface area contributed by atoms with Gasteiger partial charge in [-0.25, -0.2) is 0 Å². The molecule has 1 fully saturated rings. The normalized spacial score (nSPS) is 25.1. The highest BCUT2D eigenvalue weighted by atomic mass is 32.1. The van der Waals surface area contributed by atoms with E-state index in [9.17, 15) is 0 Å². The molecule has 0 spiro atoms. The Labute approximate surface area is 109 Å². The minimum absolute atomic E-state index is 0.208. The van der Waals surface area contributed by atoms with Gasteiger partial charge in [0.25, 0.3) is 0 Å². The molecule has 2 N–H and O–H groups in total. The molecule has 1 aromatic heterocycles. The predicted octanol–water partition coefficient (Wildman–Crippen LogP) is 3.32. The SMILES string of the molecule is CCC1CCCN1C(c1sccc1C)C(C)N. The van der Waals surface area contributed by atoms with Crippen LogP contribution in [0, 0.1) is 6.92 Å². The third-order valence-electron chi connectivity index (χ3n) is 3.92. The van der Waals surface area contributed by atoms with E-state index in [4.69, 9.17) is 5.73 Å². The van der Waals surface area contributed by atoms with Crippen molar-refractivity contribution in [1.29, 1.82) is 0 Å². The van der Waals surface area contributed by atoms with Gasteiger partial charge in [-0.3, -0.25) is 4.90 Å². The maximum atomic E-state index is 6.26. The molecule has 0 bridgehead atoms. The molecule has 2 rings (SSSR count). The Kier molecular flexibility index (Phi) is 4.23. The molecule has 0 amide bonds. The first-order chi connectivity index (χ1) is 8.15. The summed E-state index contributed by atoms with van der Waals surface area (Å²) in [7, 11) is 0. The van der Waals surface area contributed by atoms with Crippen LogP contribution in [0.25, 0.3) is 0 Å². The van der Waals surface area contributed by atoms with Crippen molar-refractivity contribution in [3.8, 4) is 0 Å². The Morgan fingerprint density at radius 3 is 2.88 bits per heavy atom. The van der Waals surface area contributed by atoms with E-state index in [1.807, 2.05) is 11.3 Å². The van der Waals surface area contributed by atoms with Crippen molar-refractivity contribution in [2.75, 3.05) is 6.54 Å². The third kappa shape index (κ3) is 2.56. The number of rotatable bonds is 4. The van der Waals surface area contributed by atoms with Gasteiger partial charge in [-0.05, 0) is 56.7 Å². The highest BCUT2D eigenvalue weighted by Gasteiger charge is 2.33. The fraction of sp³-hybridized carbons (Fsp3) is 0.714. The molecule has 3 unspecified atom stereocenters. The van der Waals surface area contributed by atoms with E-state index < -0.39 is 0 Å². The summed E-state index contributed by atoms with van der Waals surface area (Å²) in [6.07, 6.45) is 3.91. The van der Waals surface area contributed by atoms with Crippen LogP contribution in [0.5, 0.6) is 0 Å². The zero-order valence-corrected chi connectivity index (χ0v) is 12.0. The maximum Gasteiger partial charge on any atom is 0.0595 e. The number of thiophene rings is 1. The van der Waals surface area contributed by atoms with E-state index in [2.05, 4.69) is 37.1 Å². The quantitative estimate of drug-likeness (QED) is 0.890. The third-order valence-corrected chi connectivity index (χ3v) is 5.01. The van der Waals surface area contributed by atoms with Crippen LogP contribution < -0.4 is 5.73 Å². The lowest BCUT2D eigenvalue weighted by Crippen LogP contribution is -2.41. The smallest absolute Gasteiger partial charge is 0.0595 e. The summed E-state index contributed by atoms with van der Waals surface area (Å²) in [4.78, 5) is 4.11. The lowest BCUT2D eigenvalue weighted by Gasteiger charge is -2.35. The molecular weight excluding hydrogens is 228 g/mol. The van der Waals surface area contributed by atoms with Crippen LogP contribution in [-0.4, -0.2) is 23.5 Å². The Morgan fingerprint density at radius 2 is 2.35 bits per heavy atom. The molecule has 1 saturated heterocycles. The molecule has 17 heavy (non-hydrogen) atoms. The lowest BCUT2D eigenvalue weighted by atomic mass is 10.0. The summed E-state index contributed by atoms with van der Waals surface area (Å²) in [6.45, 7) is 7.86. The molecule has 1 aliphatic rings. The van der Waals surface area contributed by atoms with Crippen LogP contribution in [0.2, 0.25) is 0 Å². The number of likely N-dealkylation sites (tertiary alicyclic amines) is 1. The largest absolute Gasteiger partial charge is 0.326 e. The first-order valence-corrected chi connectivity index (χ1v) is 7.58. The lowest BCUT2D eigenvalue weighted by molar-refractivity contribution is 0.159. The number of hydrogen-bond donors (Lipinski definition) is 1. The Bertz CT molecular complexity index is 359. The zero-order valence-electron chi connectivity index (χ0n) is 11.1. The highest BCUT2D eigenvalue weighted by Crippen LogP contribution is 2.36. The van der Waals surface area contributed by atoms with Crippen LogP contribution in [0.4, 0.5) is 0 Å². The molecule has 1 aliphatic heterocycles. The van der Waals surface area contributed by atoms with E-state index in [1.54, 1.807) is 0 Å². The van der Waals surface area contributed by atoms with Gasteiger partial charge in [-0.2, -0.15) is 0 Å². The predicted molar refractivity (Wildman–Crippen MR) is 75.5 cm³/mol. The highest BCUT2D eigenvalue weighted by molar-refractivity contribution is 7.10. The van der Waals surface area contributed by atoms with Crippen LogP contribution in [0.15, 0.2) is 11.4 Å². The number of nitrogens with two attached hydrogens (primary N) is 1. The second-order valence-corrected chi connectivity index (χ2v) is 6.16. The Hall–Kier alpha value is -0.380. The first-order valence-electron chi connectivity index (χ1n) is 6.70. The van der Waals surface area contributed by atoms with Gasteiger partial charge in [-0.1, -0.05) is 6.92 Å². The van der Waals surface area contributed by atoms with Crippen molar-refractivity contribution in [3.63, 3.8) is 0 Å². The summed E-state index contributed by atoms with van der Waals surface area (Å²) >= 11 is 1.86. The van der Waals surface area contributed by atoms with Crippen molar-refractivity contribution < 1.29 is 0 Å². The first kappa shape index (κ1) is 13.1. The molecule has 1 aromatic rings. The van der Waals surface area contributed by atoms with Gasteiger partial charge < -0.3 is 5.73 Å². The molecule has 2 nitrogen and oxygen atoms in total. The topological polar surface area (TPSA) is 29.3 Å². The van der Waals surface area contributed by atoms with Crippen LogP contribution >= 0.6 is 11.3 Å². The average Bonchev–Trinajstić information content (AvgIpc) is 2.89. The van der Waals surface area contributed by atoms with Gasteiger partial charge in [-0.15, -0.1) is 11.3 Å². The maximum absolute atomic E-state index is 6.26. The summed E-state index contributed by atoms with van der Waals surface area (Å²) in [6, 6.07) is 3.57. The van der Waals surface area contributed by atoms with Crippen molar-refractivity contribution in [2.45, 2.75) is 58.2 Å². The van der Waals surface area contributed by atoms with E-state index in [0.717, 1.165) is 6.04 Å². The minimum Gasteiger partial charge on any atom is -0.326 e. The molecule has 3 atom stereocenters. The summed E-state index contributed by atoms with van der Waals surface area (Å²) < 4.78 is 0. The van der Waals surface area contributed by atoms with Crippen LogP contribution in [0.3, 0.4) is 0 Å². The molecular formula is C14H24N2S.